The van der Waals surface area contributed by atoms with Crippen molar-refractivity contribution in [2.24, 2.45) is 0 Å². The molecule has 0 bridgehead atoms. The van der Waals surface area contributed by atoms with Crippen molar-refractivity contribution < 1.29 is 0 Å². The molecule has 1 aromatic carbocycles. The predicted octanol–water partition coefficient (Wildman–Crippen LogP) is 3.32. The molecule has 0 aliphatic carbocycles. The molecule has 0 aliphatic heterocycles. The van der Waals surface area contributed by atoms with E-state index in [1.807, 2.05) is 13.0 Å². The van der Waals surface area contributed by atoms with Crippen LogP contribution in [0.4, 0.5) is 5.95 Å². The van der Waals surface area contributed by atoms with Crippen molar-refractivity contribution in [3.05, 3.63) is 42.2 Å². The molecule has 2 rings (SSSR count). The van der Waals surface area contributed by atoms with E-state index in [2.05, 4.69) is 64.1 Å². The molecule has 1 aromatic heterocycles. The minimum Gasteiger partial charge on any atom is -0.355 e. The van der Waals surface area contributed by atoms with Crippen LogP contribution in [0, 0.1) is 6.92 Å². The molecule has 0 saturated carbocycles. The summed E-state index contributed by atoms with van der Waals surface area (Å²) in [5.74, 6) is 0.929. The van der Waals surface area contributed by atoms with Gasteiger partial charge in [-0.1, -0.05) is 32.0 Å². The zero-order valence-electron chi connectivity index (χ0n) is 13.3. The van der Waals surface area contributed by atoms with Crippen LogP contribution in [-0.4, -0.2) is 40.6 Å². The van der Waals surface area contributed by atoms with E-state index in [4.69, 9.17) is 0 Å². The van der Waals surface area contributed by atoms with E-state index in [-0.39, 0.29) is 0 Å². The normalized spacial score (nSPS) is 11.0. The maximum atomic E-state index is 4.58. The van der Waals surface area contributed by atoms with Crippen LogP contribution in [0.25, 0.3) is 5.69 Å². The summed E-state index contributed by atoms with van der Waals surface area (Å²) in [6.07, 6.45) is 3.20. The number of aryl methyl sites for hydroxylation is 1. The molecule has 0 atom stereocenters. The van der Waals surface area contributed by atoms with E-state index in [0.717, 1.165) is 49.9 Å². The highest BCUT2D eigenvalue weighted by molar-refractivity contribution is 5.42. The minimum absolute atomic E-state index is 0.929. The molecular weight excluding hydrogens is 260 g/mol. The summed E-state index contributed by atoms with van der Waals surface area (Å²) >= 11 is 0. The standard InChI is InChI=1S/C17H26N4/c1-4-20(5-2)13-9-12-18-17-19-15(3)14-21(17)16-10-7-6-8-11-16/h6-8,10-11,14H,4-5,9,12-13H2,1-3H3,(H,18,19). The first-order valence-electron chi connectivity index (χ1n) is 7.82. The number of anilines is 1. The average Bonchev–Trinajstić information content (AvgIpc) is 2.89. The molecule has 1 heterocycles. The Labute approximate surface area is 127 Å². The van der Waals surface area contributed by atoms with Gasteiger partial charge in [0.25, 0.3) is 0 Å². The average molecular weight is 286 g/mol. The van der Waals surface area contributed by atoms with Gasteiger partial charge in [-0.25, -0.2) is 4.98 Å². The van der Waals surface area contributed by atoms with E-state index < -0.39 is 0 Å². The predicted molar refractivity (Wildman–Crippen MR) is 89.2 cm³/mol. The molecule has 0 spiro atoms. The SMILES string of the molecule is CCN(CC)CCCNc1nc(C)cn1-c1ccccc1. The topological polar surface area (TPSA) is 33.1 Å². The summed E-state index contributed by atoms with van der Waals surface area (Å²) in [5.41, 5.74) is 2.18. The molecule has 0 amide bonds. The Bertz CT molecular complexity index is 529. The Morgan fingerprint density at radius 1 is 1.14 bits per heavy atom. The Balaban J connectivity index is 1.95. The summed E-state index contributed by atoms with van der Waals surface area (Å²) < 4.78 is 2.12. The third-order valence-electron chi connectivity index (χ3n) is 3.69. The van der Waals surface area contributed by atoms with Crippen molar-refractivity contribution in [2.45, 2.75) is 27.2 Å². The largest absolute Gasteiger partial charge is 0.355 e. The third-order valence-corrected chi connectivity index (χ3v) is 3.69. The molecule has 114 valence electrons. The molecule has 0 saturated heterocycles. The summed E-state index contributed by atoms with van der Waals surface area (Å²) in [6, 6.07) is 10.3. The van der Waals surface area contributed by atoms with Crippen molar-refractivity contribution in [3.63, 3.8) is 0 Å². The highest BCUT2D eigenvalue weighted by atomic mass is 15.2. The van der Waals surface area contributed by atoms with Gasteiger partial charge in [0.05, 0.1) is 5.69 Å². The number of aromatic nitrogens is 2. The van der Waals surface area contributed by atoms with Crippen molar-refractivity contribution in [2.75, 3.05) is 31.5 Å². The van der Waals surface area contributed by atoms with Gasteiger partial charge in [0, 0.05) is 18.4 Å². The van der Waals surface area contributed by atoms with Crippen LogP contribution in [0.2, 0.25) is 0 Å². The molecule has 1 N–H and O–H groups in total. The van der Waals surface area contributed by atoms with Gasteiger partial charge in [-0.3, -0.25) is 4.57 Å². The first-order valence-corrected chi connectivity index (χ1v) is 7.82. The van der Waals surface area contributed by atoms with Gasteiger partial charge in [0.2, 0.25) is 5.95 Å². The Morgan fingerprint density at radius 2 is 1.86 bits per heavy atom. The summed E-state index contributed by atoms with van der Waals surface area (Å²) in [6.45, 7) is 10.8. The van der Waals surface area contributed by atoms with Crippen LogP contribution in [0.3, 0.4) is 0 Å². The molecule has 2 aromatic rings. The fourth-order valence-electron chi connectivity index (χ4n) is 2.45. The van der Waals surface area contributed by atoms with E-state index in [1.165, 1.54) is 0 Å². The van der Waals surface area contributed by atoms with Crippen molar-refractivity contribution in [1.29, 1.82) is 0 Å². The number of hydrogen-bond acceptors (Lipinski definition) is 3. The smallest absolute Gasteiger partial charge is 0.207 e. The quantitative estimate of drug-likeness (QED) is 0.756. The molecule has 0 aliphatic rings. The van der Waals surface area contributed by atoms with Crippen LogP contribution in [-0.2, 0) is 0 Å². The monoisotopic (exact) mass is 286 g/mol. The lowest BCUT2D eigenvalue weighted by molar-refractivity contribution is 0.303. The van der Waals surface area contributed by atoms with E-state index in [9.17, 15) is 0 Å². The van der Waals surface area contributed by atoms with Crippen molar-refractivity contribution in [1.82, 2.24) is 14.5 Å². The molecule has 4 heteroatoms. The van der Waals surface area contributed by atoms with E-state index >= 15 is 0 Å². The van der Waals surface area contributed by atoms with Gasteiger partial charge in [-0.05, 0) is 45.1 Å². The van der Waals surface area contributed by atoms with Crippen LogP contribution in [0.1, 0.15) is 26.0 Å². The van der Waals surface area contributed by atoms with Gasteiger partial charge >= 0.3 is 0 Å². The number of para-hydroxylation sites is 1. The number of nitrogens with one attached hydrogen (secondary N) is 1. The zero-order chi connectivity index (χ0) is 15.1. The van der Waals surface area contributed by atoms with Gasteiger partial charge in [0.1, 0.15) is 0 Å². The maximum absolute atomic E-state index is 4.58. The lowest BCUT2D eigenvalue weighted by Crippen LogP contribution is -2.25. The number of rotatable bonds is 8. The first kappa shape index (κ1) is 15.6. The Morgan fingerprint density at radius 3 is 2.52 bits per heavy atom. The highest BCUT2D eigenvalue weighted by Gasteiger charge is 2.07. The Hall–Kier alpha value is -1.81. The van der Waals surface area contributed by atoms with Gasteiger partial charge in [-0.2, -0.15) is 0 Å². The zero-order valence-corrected chi connectivity index (χ0v) is 13.3. The van der Waals surface area contributed by atoms with Crippen molar-refractivity contribution >= 4 is 5.95 Å². The number of imidazole rings is 1. The maximum Gasteiger partial charge on any atom is 0.207 e. The summed E-state index contributed by atoms with van der Waals surface area (Å²) in [5, 5.41) is 3.46. The van der Waals surface area contributed by atoms with E-state index in [1.54, 1.807) is 0 Å². The van der Waals surface area contributed by atoms with Gasteiger partial charge in [0.15, 0.2) is 0 Å². The summed E-state index contributed by atoms with van der Waals surface area (Å²) in [4.78, 5) is 7.02. The van der Waals surface area contributed by atoms with Crippen LogP contribution < -0.4 is 5.32 Å². The molecule has 0 unspecified atom stereocenters. The minimum atomic E-state index is 0.929. The summed E-state index contributed by atoms with van der Waals surface area (Å²) in [7, 11) is 0. The Kier molecular flexibility index (Phi) is 5.81. The number of benzene rings is 1. The van der Waals surface area contributed by atoms with Crippen molar-refractivity contribution in [3.8, 4) is 5.69 Å². The van der Waals surface area contributed by atoms with Crippen LogP contribution >= 0.6 is 0 Å². The highest BCUT2D eigenvalue weighted by Crippen LogP contribution is 2.16. The fourth-order valence-corrected chi connectivity index (χ4v) is 2.45. The number of hydrogen-bond donors (Lipinski definition) is 1. The molecule has 4 nitrogen and oxygen atoms in total. The first-order chi connectivity index (χ1) is 10.2. The number of nitrogens with zero attached hydrogens (tertiary/aromatic N) is 3. The second kappa shape index (κ2) is 7.84. The molecule has 0 radical (unpaired) electrons. The second-order valence-corrected chi connectivity index (χ2v) is 5.22. The van der Waals surface area contributed by atoms with Crippen LogP contribution in [0.15, 0.2) is 36.5 Å². The third kappa shape index (κ3) is 4.33. The molecule has 0 fully saturated rings. The molecular formula is C17H26N4. The van der Waals surface area contributed by atoms with E-state index in [0.29, 0.717) is 0 Å². The van der Waals surface area contributed by atoms with Gasteiger partial charge < -0.3 is 10.2 Å². The second-order valence-electron chi connectivity index (χ2n) is 5.22. The fraction of sp³-hybridized carbons (Fsp3) is 0.471. The lowest BCUT2D eigenvalue weighted by atomic mass is 10.3. The molecule has 21 heavy (non-hydrogen) atoms. The lowest BCUT2D eigenvalue weighted by Gasteiger charge is -2.18. The van der Waals surface area contributed by atoms with Gasteiger partial charge in [-0.15, -0.1) is 0 Å². The van der Waals surface area contributed by atoms with Crippen LogP contribution in [0.5, 0.6) is 0 Å².